The maximum Gasteiger partial charge on any atom is 0.329 e. The molecular weight excluding hydrogens is 190 g/mol. The molecule has 1 aromatic rings. The van der Waals surface area contributed by atoms with Gasteiger partial charge in [-0.05, 0) is 11.6 Å². The van der Waals surface area contributed by atoms with E-state index in [0.717, 1.165) is 11.6 Å². The maximum absolute atomic E-state index is 10.3. The Kier molecular flexibility index (Phi) is 3.87. The number of nitrogens with zero attached hydrogens (tertiary/aromatic N) is 1. The summed E-state index contributed by atoms with van der Waals surface area (Å²) in [5.41, 5.74) is 1.04. The van der Waals surface area contributed by atoms with Gasteiger partial charge in [0.1, 0.15) is 0 Å². The van der Waals surface area contributed by atoms with Gasteiger partial charge in [-0.15, -0.1) is 0 Å². The van der Waals surface area contributed by atoms with E-state index in [2.05, 4.69) is 0 Å². The number of nitriles is 1. The molecule has 1 N–H and O–H groups in total. The lowest BCUT2D eigenvalue weighted by atomic mass is 10.1. The van der Waals surface area contributed by atoms with E-state index in [4.69, 9.17) is 10.4 Å². The summed E-state index contributed by atoms with van der Waals surface area (Å²) in [6, 6.07) is 11.2. The first-order chi connectivity index (χ1) is 7.22. The number of hydrogen-bond acceptors (Lipinski definition) is 2. The van der Waals surface area contributed by atoms with E-state index >= 15 is 0 Å². The van der Waals surface area contributed by atoms with Crippen LogP contribution in [-0.4, -0.2) is 11.1 Å². The van der Waals surface area contributed by atoms with Crippen molar-refractivity contribution < 1.29 is 9.90 Å². The van der Waals surface area contributed by atoms with Crippen molar-refractivity contribution >= 4 is 12.0 Å². The fraction of sp³-hybridized carbons (Fsp3) is 0. The highest BCUT2D eigenvalue weighted by Gasteiger charge is 1.94. The standard InChI is InChI=1S/C12H9NO2/c13-9-11(8-12(14)15)7-6-10-4-2-1-3-5-10/h1-8H,(H,14,15). The minimum atomic E-state index is -1.12. The molecule has 0 aromatic heterocycles. The monoisotopic (exact) mass is 199 g/mol. The van der Waals surface area contributed by atoms with Gasteiger partial charge in [-0.3, -0.25) is 0 Å². The van der Waals surface area contributed by atoms with Crippen LogP contribution >= 0.6 is 0 Å². The quantitative estimate of drug-likeness (QED) is 0.461. The van der Waals surface area contributed by atoms with Crippen LogP contribution in [0.5, 0.6) is 0 Å². The maximum atomic E-state index is 10.3. The first kappa shape index (κ1) is 10.7. The van der Waals surface area contributed by atoms with E-state index in [1.807, 2.05) is 30.3 Å². The van der Waals surface area contributed by atoms with E-state index in [1.165, 1.54) is 6.08 Å². The molecule has 0 radical (unpaired) electrons. The topological polar surface area (TPSA) is 61.1 Å². The summed E-state index contributed by atoms with van der Waals surface area (Å²) in [5.74, 6) is -1.12. The zero-order chi connectivity index (χ0) is 11.1. The van der Waals surface area contributed by atoms with Crippen LogP contribution in [0.2, 0.25) is 0 Å². The van der Waals surface area contributed by atoms with E-state index < -0.39 is 5.97 Å². The Morgan fingerprint density at radius 2 is 2.00 bits per heavy atom. The summed E-state index contributed by atoms with van der Waals surface area (Å²) in [6.07, 6.45) is 4.04. The Morgan fingerprint density at radius 3 is 2.53 bits per heavy atom. The second-order valence-electron chi connectivity index (χ2n) is 2.79. The molecular formula is C12H9NO2. The minimum absolute atomic E-state index is 0.117. The molecule has 1 rings (SSSR count). The lowest BCUT2D eigenvalue weighted by Crippen LogP contribution is -1.88. The van der Waals surface area contributed by atoms with Gasteiger partial charge < -0.3 is 5.11 Å². The first-order valence-electron chi connectivity index (χ1n) is 4.30. The van der Waals surface area contributed by atoms with Gasteiger partial charge in [-0.25, -0.2) is 4.79 Å². The molecule has 3 heteroatoms. The molecule has 0 aliphatic carbocycles. The zero-order valence-electron chi connectivity index (χ0n) is 7.92. The summed E-state index contributed by atoms with van der Waals surface area (Å²) in [5, 5.41) is 17.1. The van der Waals surface area contributed by atoms with Gasteiger partial charge in [-0.1, -0.05) is 36.4 Å². The fourth-order valence-electron chi connectivity index (χ4n) is 1.00. The Bertz CT molecular complexity index is 438. The van der Waals surface area contributed by atoms with Crippen LogP contribution in [0, 0.1) is 11.3 Å². The molecule has 15 heavy (non-hydrogen) atoms. The molecule has 0 heterocycles. The third-order valence-corrected chi connectivity index (χ3v) is 1.66. The van der Waals surface area contributed by atoms with E-state index in [0.29, 0.717) is 0 Å². The zero-order valence-corrected chi connectivity index (χ0v) is 7.92. The molecule has 0 saturated heterocycles. The van der Waals surface area contributed by atoms with Crippen molar-refractivity contribution in [1.82, 2.24) is 0 Å². The number of hydrogen-bond donors (Lipinski definition) is 1. The Morgan fingerprint density at radius 1 is 1.33 bits per heavy atom. The molecule has 0 unspecified atom stereocenters. The second kappa shape index (κ2) is 5.40. The summed E-state index contributed by atoms with van der Waals surface area (Å²) in [7, 11) is 0. The van der Waals surface area contributed by atoms with E-state index in [1.54, 1.807) is 12.1 Å². The van der Waals surface area contributed by atoms with Crippen molar-refractivity contribution in [3.05, 3.63) is 53.6 Å². The van der Waals surface area contributed by atoms with Gasteiger partial charge in [-0.2, -0.15) is 5.26 Å². The summed E-state index contributed by atoms with van der Waals surface area (Å²) < 4.78 is 0. The highest BCUT2D eigenvalue weighted by molar-refractivity contribution is 5.82. The number of allylic oxidation sites excluding steroid dienone is 2. The van der Waals surface area contributed by atoms with Crippen molar-refractivity contribution in [2.75, 3.05) is 0 Å². The van der Waals surface area contributed by atoms with Gasteiger partial charge in [0.2, 0.25) is 0 Å². The average Bonchev–Trinajstić information content (AvgIpc) is 2.25. The van der Waals surface area contributed by atoms with Crippen molar-refractivity contribution in [1.29, 1.82) is 5.26 Å². The summed E-state index contributed by atoms with van der Waals surface area (Å²) in [4.78, 5) is 10.3. The highest BCUT2D eigenvalue weighted by Crippen LogP contribution is 2.04. The number of carboxylic acid groups (broad SMARTS) is 1. The normalized spacial score (nSPS) is 11.3. The van der Waals surface area contributed by atoms with Crippen LogP contribution in [0.3, 0.4) is 0 Å². The Labute approximate surface area is 87.6 Å². The number of carboxylic acids is 1. The lowest BCUT2D eigenvalue weighted by molar-refractivity contribution is -0.131. The molecule has 74 valence electrons. The molecule has 0 aliphatic heterocycles. The smallest absolute Gasteiger partial charge is 0.329 e. The SMILES string of the molecule is N#CC(C=Cc1ccccc1)=CC(=O)O. The summed E-state index contributed by atoms with van der Waals surface area (Å²) >= 11 is 0. The predicted molar refractivity (Wildman–Crippen MR) is 56.8 cm³/mol. The molecule has 0 fully saturated rings. The average molecular weight is 199 g/mol. The van der Waals surface area contributed by atoms with Gasteiger partial charge in [0.05, 0.1) is 11.6 Å². The van der Waals surface area contributed by atoms with Gasteiger partial charge in [0.15, 0.2) is 0 Å². The highest BCUT2D eigenvalue weighted by atomic mass is 16.4. The Balaban J connectivity index is 2.82. The molecule has 1 aromatic carbocycles. The van der Waals surface area contributed by atoms with Crippen molar-refractivity contribution in [3.8, 4) is 6.07 Å². The first-order valence-corrected chi connectivity index (χ1v) is 4.30. The summed E-state index contributed by atoms with van der Waals surface area (Å²) in [6.45, 7) is 0. The van der Waals surface area contributed by atoms with Crippen LogP contribution in [0.15, 0.2) is 48.1 Å². The molecule has 0 bridgehead atoms. The van der Waals surface area contributed by atoms with Crippen LogP contribution in [0.1, 0.15) is 5.56 Å². The third kappa shape index (κ3) is 3.92. The molecule has 0 saturated carbocycles. The minimum Gasteiger partial charge on any atom is -0.478 e. The van der Waals surface area contributed by atoms with Crippen LogP contribution in [-0.2, 0) is 4.79 Å². The second-order valence-corrected chi connectivity index (χ2v) is 2.79. The predicted octanol–water partition coefficient (Wildman–Crippen LogP) is 2.23. The molecule has 0 amide bonds. The number of rotatable bonds is 3. The van der Waals surface area contributed by atoms with Crippen molar-refractivity contribution in [3.63, 3.8) is 0 Å². The molecule has 0 atom stereocenters. The largest absolute Gasteiger partial charge is 0.478 e. The lowest BCUT2D eigenvalue weighted by Gasteiger charge is -1.90. The number of carbonyl (C=O) groups is 1. The van der Waals surface area contributed by atoms with Crippen molar-refractivity contribution in [2.24, 2.45) is 0 Å². The van der Waals surface area contributed by atoms with Gasteiger partial charge in [0.25, 0.3) is 0 Å². The van der Waals surface area contributed by atoms with Crippen LogP contribution < -0.4 is 0 Å². The molecule has 0 aliphatic rings. The number of aliphatic carboxylic acids is 1. The van der Waals surface area contributed by atoms with Crippen LogP contribution in [0.25, 0.3) is 6.08 Å². The van der Waals surface area contributed by atoms with Crippen LogP contribution in [0.4, 0.5) is 0 Å². The van der Waals surface area contributed by atoms with E-state index in [9.17, 15) is 4.79 Å². The fourth-order valence-corrected chi connectivity index (χ4v) is 1.00. The van der Waals surface area contributed by atoms with Gasteiger partial charge in [0, 0.05) is 6.08 Å². The number of benzene rings is 1. The van der Waals surface area contributed by atoms with Gasteiger partial charge >= 0.3 is 5.97 Å². The Hall–Kier alpha value is -2.34. The molecule has 0 spiro atoms. The molecule has 3 nitrogen and oxygen atoms in total. The van der Waals surface area contributed by atoms with E-state index in [-0.39, 0.29) is 5.57 Å². The third-order valence-electron chi connectivity index (χ3n) is 1.66. The van der Waals surface area contributed by atoms with Crippen molar-refractivity contribution in [2.45, 2.75) is 0 Å².